The summed E-state index contributed by atoms with van der Waals surface area (Å²) in [5.74, 6) is 0.963. The molecule has 0 aromatic rings. The number of carbonyl (C=O) groups is 2. The van der Waals surface area contributed by atoms with E-state index < -0.39 is 0 Å². The molecule has 0 aromatic carbocycles. The van der Waals surface area contributed by atoms with Crippen LogP contribution in [0.15, 0.2) is 0 Å². The van der Waals surface area contributed by atoms with Gasteiger partial charge in [0.25, 0.3) is 0 Å². The maximum Gasteiger partial charge on any atom is 0.230 e. The van der Waals surface area contributed by atoms with E-state index in [1.807, 2.05) is 12.5 Å². The van der Waals surface area contributed by atoms with Crippen molar-refractivity contribution in [1.82, 2.24) is 10.6 Å². The summed E-state index contributed by atoms with van der Waals surface area (Å²) < 4.78 is 0. The van der Waals surface area contributed by atoms with Gasteiger partial charge in [-0.05, 0) is 12.5 Å². The molecule has 0 unspecified atom stereocenters. The molecule has 0 atom stereocenters. The summed E-state index contributed by atoms with van der Waals surface area (Å²) in [4.78, 5) is 21.9. The first kappa shape index (κ1) is 13.6. The molecule has 0 saturated heterocycles. The second-order valence-electron chi connectivity index (χ2n) is 2.57. The Morgan fingerprint density at radius 1 is 0.929 bits per heavy atom. The zero-order valence-corrected chi connectivity index (χ0v) is 10.1. The first-order valence-electron chi connectivity index (χ1n) is 4.22. The molecule has 0 aliphatic heterocycles. The summed E-state index contributed by atoms with van der Waals surface area (Å²) in [6, 6.07) is 0. The summed E-state index contributed by atoms with van der Waals surface area (Å²) in [7, 11) is 0. The predicted octanol–water partition coefficient (Wildman–Crippen LogP) is -0.0552. The van der Waals surface area contributed by atoms with Crippen LogP contribution in [0.1, 0.15) is 0 Å². The van der Waals surface area contributed by atoms with Gasteiger partial charge in [-0.1, -0.05) is 0 Å². The zero-order valence-electron chi connectivity index (χ0n) is 8.46. The quantitative estimate of drug-likeness (QED) is 0.608. The fraction of sp³-hybridized carbons (Fsp3) is 0.750. The van der Waals surface area contributed by atoms with Crippen molar-refractivity contribution in [3.05, 3.63) is 0 Å². The Morgan fingerprint density at radius 2 is 1.29 bits per heavy atom. The van der Waals surface area contributed by atoms with Crippen LogP contribution in [-0.2, 0) is 9.59 Å². The molecule has 0 aromatic heterocycles. The van der Waals surface area contributed by atoms with E-state index in [-0.39, 0.29) is 11.8 Å². The highest BCUT2D eigenvalue weighted by Gasteiger charge is 2.00. The van der Waals surface area contributed by atoms with E-state index in [4.69, 9.17) is 0 Å². The Hall–Kier alpha value is -0.360. The molecule has 82 valence electrons. The smallest absolute Gasteiger partial charge is 0.230 e. The van der Waals surface area contributed by atoms with E-state index in [9.17, 15) is 9.59 Å². The molecular weight excluding hydrogens is 220 g/mol. The normalized spacial score (nSPS) is 9.57. The molecule has 2 N–H and O–H groups in total. The number of hydrogen-bond donors (Lipinski definition) is 2. The number of amides is 2. The number of hydrogen-bond acceptors (Lipinski definition) is 4. The number of nitrogens with one attached hydrogen (secondary N) is 2. The van der Waals surface area contributed by atoms with Gasteiger partial charge in [0.15, 0.2) is 0 Å². The van der Waals surface area contributed by atoms with E-state index in [0.29, 0.717) is 24.6 Å². The molecule has 0 aliphatic rings. The van der Waals surface area contributed by atoms with Crippen molar-refractivity contribution < 1.29 is 9.59 Å². The molecule has 0 spiro atoms. The predicted molar refractivity (Wildman–Crippen MR) is 62.8 cm³/mol. The Balaban J connectivity index is 3.28. The topological polar surface area (TPSA) is 58.2 Å². The summed E-state index contributed by atoms with van der Waals surface area (Å²) in [6.07, 6.45) is 3.75. The summed E-state index contributed by atoms with van der Waals surface area (Å²) in [5, 5.41) is 5.40. The lowest BCUT2D eigenvalue weighted by Crippen LogP contribution is -2.36. The molecule has 2 amide bonds. The van der Waals surface area contributed by atoms with E-state index in [0.717, 1.165) is 0 Å². The third-order valence-corrected chi connectivity index (χ3v) is 2.42. The van der Waals surface area contributed by atoms with E-state index in [1.165, 1.54) is 23.5 Å². The molecule has 0 aliphatic carbocycles. The molecule has 0 heterocycles. The highest BCUT2D eigenvalue weighted by atomic mass is 32.2. The van der Waals surface area contributed by atoms with Crippen LogP contribution in [-0.4, -0.2) is 48.9 Å². The average Bonchev–Trinajstić information content (AvgIpc) is 2.13. The van der Waals surface area contributed by atoms with Crippen LogP contribution in [0, 0.1) is 0 Å². The van der Waals surface area contributed by atoms with Gasteiger partial charge < -0.3 is 10.6 Å². The van der Waals surface area contributed by atoms with Gasteiger partial charge in [-0.15, -0.1) is 0 Å². The number of carbonyl (C=O) groups excluding carboxylic acids is 2. The minimum absolute atomic E-state index is 0.0108. The van der Waals surface area contributed by atoms with Crippen molar-refractivity contribution in [2.45, 2.75) is 0 Å². The van der Waals surface area contributed by atoms with Gasteiger partial charge in [-0.25, -0.2) is 0 Å². The van der Waals surface area contributed by atoms with Crippen molar-refractivity contribution in [3.63, 3.8) is 0 Å². The standard InChI is InChI=1S/C8H16N2O2S2/c1-13-5-7(11)9-3-4-10-8(12)6-14-2/h3-6H2,1-2H3,(H,9,11)(H,10,12). The number of rotatable bonds is 7. The lowest BCUT2D eigenvalue weighted by molar-refractivity contribution is -0.120. The van der Waals surface area contributed by atoms with Gasteiger partial charge >= 0.3 is 0 Å². The third kappa shape index (κ3) is 8.25. The van der Waals surface area contributed by atoms with Gasteiger partial charge in [0, 0.05) is 13.1 Å². The minimum Gasteiger partial charge on any atom is -0.354 e. The van der Waals surface area contributed by atoms with E-state index >= 15 is 0 Å². The maximum absolute atomic E-state index is 11.0. The number of thioether (sulfide) groups is 2. The van der Waals surface area contributed by atoms with Gasteiger partial charge in [0.2, 0.25) is 11.8 Å². The molecule has 4 nitrogen and oxygen atoms in total. The molecule has 0 fully saturated rings. The molecule has 0 saturated carbocycles. The van der Waals surface area contributed by atoms with Crippen molar-refractivity contribution in [2.24, 2.45) is 0 Å². The molecule has 6 heteroatoms. The van der Waals surface area contributed by atoms with Crippen molar-refractivity contribution in [3.8, 4) is 0 Å². The zero-order chi connectivity index (χ0) is 10.8. The fourth-order valence-electron chi connectivity index (χ4n) is 0.768. The van der Waals surface area contributed by atoms with Gasteiger partial charge in [-0.2, -0.15) is 23.5 Å². The van der Waals surface area contributed by atoms with Crippen LogP contribution in [0.3, 0.4) is 0 Å². The molecule has 0 rings (SSSR count). The van der Waals surface area contributed by atoms with Gasteiger partial charge in [0.05, 0.1) is 11.5 Å². The van der Waals surface area contributed by atoms with Gasteiger partial charge in [0.1, 0.15) is 0 Å². The first-order valence-corrected chi connectivity index (χ1v) is 7.00. The highest BCUT2D eigenvalue weighted by molar-refractivity contribution is 7.99. The molecular formula is C8H16N2O2S2. The average molecular weight is 236 g/mol. The second kappa shape index (κ2) is 9.21. The highest BCUT2D eigenvalue weighted by Crippen LogP contribution is 1.89. The third-order valence-electron chi connectivity index (χ3n) is 1.32. The lowest BCUT2D eigenvalue weighted by Gasteiger charge is -2.05. The summed E-state index contributed by atoms with van der Waals surface area (Å²) in [6.45, 7) is 0.999. The Kier molecular flexibility index (Phi) is 8.97. The van der Waals surface area contributed by atoms with Crippen LogP contribution < -0.4 is 10.6 Å². The van der Waals surface area contributed by atoms with E-state index in [2.05, 4.69) is 10.6 Å². The maximum atomic E-state index is 11.0. The molecule has 0 radical (unpaired) electrons. The Labute approximate surface area is 93.0 Å². The largest absolute Gasteiger partial charge is 0.354 e. The lowest BCUT2D eigenvalue weighted by atomic mass is 10.5. The van der Waals surface area contributed by atoms with Crippen molar-refractivity contribution >= 4 is 35.3 Å². The summed E-state index contributed by atoms with van der Waals surface area (Å²) >= 11 is 2.96. The Bertz CT molecular complexity index is 168. The van der Waals surface area contributed by atoms with Gasteiger partial charge in [-0.3, -0.25) is 9.59 Å². The van der Waals surface area contributed by atoms with Crippen LogP contribution in [0.25, 0.3) is 0 Å². The minimum atomic E-state index is 0.0108. The fourth-order valence-corrected chi connectivity index (χ4v) is 1.50. The van der Waals surface area contributed by atoms with Crippen LogP contribution >= 0.6 is 23.5 Å². The van der Waals surface area contributed by atoms with Crippen molar-refractivity contribution in [2.75, 3.05) is 37.1 Å². The molecule has 0 bridgehead atoms. The molecule has 14 heavy (non-hydrogen) atoms. The summed E-state index contributed by atoms with van der Waals surface area (Å²) in [5.41, 5.74) is 0. The monoisotopic (exact) mass is 236 g/mol. The second-order valence-corrected chi connectivity index (χ2v) is 4.30. The SMILES string of the molecule is CSCC(=O)NCCNC(=O)CSC. The van der Waals surface area contributed by atoms with Crippen LogP contribution in [0.2, 0.25) is 0 Å². The van der Waals surface area contributed by atoms with Crippen LogP contribution in [0.5, 0.6) is 0 Å². The van der Waals surface area contributed by atoms with Crippen LogP contribution in [0.4, 0.5) is 0 Å². The Morgan fingerprint density at radius 3 is 1.57 bits per heavy atom. The van der Waals surface area contributed by atoms with E-state index in [1.54, 1.807) is 0 Å². The van der Waals surface area contributed by atoms with Crippen molar-refractivity contribution in [1.29, 1.82) is 0 Å². The first-order chi connectivity index (χ1) is 6.70.